The fraction of sp³-hybridized carbons (Fsp3) is 0.550. The van der Waals surface area contributed by atoms with E-state index in [2.05, 4.69) is 130 Å². The van der Waals surface area contributed by atoms with Crippen LogP contribution in [0.2, 0.25) is 0 Å². The molecule has 0 bridgehead atoms. The van der Waals surface area contributed by atoms with E-state index in [4.69, 9.17) is 14.2 Å². The Hall–Kier alpha value is -4.71. The van der Waals surface area contributed by atoms with Gasteiger partial charge < -0.3 is 14.2 Å². The maximum atomic E-state index is 12.8. The van der Waals surface area contributed by atoms with Gasteiger partial charge in [-0.05, 0) is 116 Å². The molecule has 1 atom stereocenters. The van der Waals surface area contributed by atoms with E-state index >= 15 is 0 Å². The minimum Gasteiger partial charge on any atom is -0.462 e. The summed E-state index contributed by atoms with van der Waals surface area (Å²) in [6.07, 6.45) is 75.4. The smallest absolute Gasteiger partial charge is 0.306 e. The fourth-order valence-electron chi connectivity index (χ4n) is 6.37. The van der Waals surface area contributed by atoms with Gasteiger partial charge in [-0.3, -0.25) is 14.4 Å². The van der Waals surface area contributed by atoms with Crippen molar-refractivity contribution in [3.8, 4) is 0 Å². The summed E-state index contributed by atoms with van der Waals surface area (Å²) in [7, 11) is 0. The Morgan fingerprint density at radius 2 is 0.621 bits per heavy atom. The number of allylic oxidation sites excluding steroid dienone is 24. The maximum absolute atomic E-state index is 12.8. The summed E-state index contributed by atoms with van der Waals surface area (Å²) >= 11 is 0. The summed E-state index contributed by atoms with van der Waals surface area (Å²) < 4.78 is 16.7. The highest BCUT2D eigenvalue weighted by molar-refractivity contribution is 5.71. The molecule has 0 heterocycles. The third kappa shape index (κ3) is 50.3. The third-order valence-electron chi connectivity index (χ3n) is 10.2. The zero-order chi connectivity index (χ0) is 47.9. The van der Waals surface area contributed by atoms with Crippen molar-refractivity contribution in [1.82, 2.24) is 0 Å². The van der Waals surface area contributed by atoms with Gasteiger partial charge in [0.05, 0.1) is 0 Å². The molecule has 0 amide bonds. The number of ether oxygens (including phenoxy) is 3. The van der Waals surface area contributed by atoms with Gasteiger partial charge in [-0.25, -0.2) is 0 Å². The van der Waals surface area contributed by atoms with Crippen molar-refractivity contribution in [2.75, 3.05) is 13.2 Å². The molecule has 0 saturated heterocycles. The lowest BCUT2D eigenvalue weighted by Crippen LogP contribution is -2.30. The largest absolute Gasteiger partial charge is 0.462 e. The van der Waals surface area contributed by atoms with Crippen molar-refractivity contribution in [2.45, 2.75) is 200 Å². The summed E-state index contributed by atoms with van der Waals surface area (Å²) in [6.45, 7) is 6.17. The Balaban J connectivity index is 4.54. The molecule has 66 heavy (non-hydrogen) atoms. The van der Waals surface area contributed by atoms with Gasteiger partial charge in [0.1, 0.15) is 13.2 Å². The fourth-order valence-corrected chi connectivity index (χ4v) is 6.37. The van der Waals surface area contributed by atoms with Gasteiger partial charge in [0.2, 0.25) is 0 Å². The molecule has 6 nitrogen and oxygen atoms in total. The normalized spacial score (nSPS) is 13.3. The first-order valence-corrected chi connectivity index (χ1v) is 25.9. The molecule has 6 heteroatoms. The van der Waals surface area contributed by atoms with E-state index in [0.29, 0.717) is 19.3 Å². The molecular weight excluding hydrogens is 817 g/mol. The van der Waals surface area contributed by atoms with Gasteiger partial charge in [-0.1, -0.05) is 205 Å². The Bertz CT molecular complexity index is 1510. The highest BCUT2D eigenvalue weighted by Gasteiger charge is 2.19. The zero-order valence-electron chi connectivity index (χ0n) is 41.9. The summed E-state index contributed by atoms with van der Waals surface area (Å²) in [5.74, 6) is -1.01. The highest BCUT2D eigenvalue weighted by atomic mass is 16.6. The first-order valence-electron chi connectivity index (χ1n) is 25.9. The number of rotatable bonds is 44. The van der Waals surface area contributed by atoms with Crippen LogP contribution in [0.3, 0.4) is 0 Å². The van der Waals surface area contributed by atoms with Gasteiger partial charge in [0.25, 0.3) is 0 Å². The monoisotopic (exact) mass is 909 g/mol. The van der Waals surface area contributed by atoms with Crippen molar-refractivity contribution in [3.05, 3.63) is 146 Å². The molecule has 0 N–H and O–H groups in total. The molecule has 0 aliphatic carbocycles. The predicted molar refractivity (Wildman–Crippen MR) is 283 cm³/mol. The van der Waals surface area contributed by atoms with Crippen molar-refractivity contribution in [1.29, 1.82) is 0 Å². The van der Waals surface area contributed by atoms with Crippen molar-refractivity contribution in [2.24, 2.45) is 0 Å². The molecule has 0 spiro atoms. The van der Waals surface area contributed by atoms with Crippen LogP contribution in [0, 0.1) is 0 Å². The van der Waals surface area contributed by atoms with Gasteiger partial charge >= 0.3 is 17.9 Å². The molecule has 0 saturated carbocycles. The number of carbonyl (C=O) groups excluding carboxylic acids is 3. The Kier molecular flexibility index (Phi) is 49.1. The van der Waals surface area contributed by atoms with Crippen LogP contribution in [0.1, 0.15) is 194 Å². The highest BCUT2D eigenvalue weighted by Crippen LogP contribution is 2.12. The summed E-state index contributed by atoms with van der Waals surface area (Å²) in [5.41, 5.74) is 0. The van der Waals surface area contributed by atoms with Crippen LogP contribution in [-0.4, -0.2) is 37.2 Å². The van der Waals surface area contributed by atoms with Gasteiger partial charge in [-0.15, -0.1) is 0 Å². The summed E-state index contributed by atoms with van der Waals surface area (Å²) in [4.78, 5) is 38.0. The van der Waals surface area contributed by atoms with E-state index in [0.717, 1.165) is 135 Å². The van der Waals surface area contributed by atoms with Crippen LogP contribution in [0.4, 0.5) is 0 Å². The van der Waals surface area contributed by atoms with E-state index in [1.54, 1.807) is 0 Å². The lowest BCUT2D eigenvalue weighted by atomic mass is 10.1. The van der Waals surface area contributed by atoms with Crippen LogP contribution in [-0.2, 0) is 28.6 Å². The zero-order valence-corrected chi connectivity index (χ0v) is 41.9. The quantitative estimate of drug-likeness (QED) is 0.0199. The number of hydrogen-bond donors (Lipinski definition) is 0. The maximum Gasteiger partial charge on any atom is 0.306 e. The number of unbranched alkanes of at least 4 members (excludes halogenated alkanes) is 12. The molecule has 0 fully saturated rings. The minimum atomic E-state index is -0.823. The molecule has 0 aromatic heterocycles. The van der Waals surface area contributed by atoms with E-state index in [1.807, 2.05) is 36.5 Å². The van der Waals surface area contributed by atoms with Crippen molar-refractivity contribution >= 4 is 17.9 Å². The van der Waals surface area contributed by atoms with Gasteiger partial charge in [0, 0.05) is 19.3 Å². The van der Waals surface area contributed by atoms with Gasteiger partial charge in [-0.2, -0.15) is 0 Å². The molecule has 0 aromatic rings. The van der Waals surface area contributed by atoms with Gasteiger partial charge in [0.15, 0.2) is 6.10 Å². The Labute approximate surface area is 404 Å². The molecule has 0 aromatic carbocycles. The second-order valence-electron chi connectivity index (χ2n) is 16.4. The van der Waals surface area contributed by atoms with Crippen LogP contribution < -0.4 is 0 Å². The molecule has 1 unspecified atom stereocenters. The van der Waals surface area contributed by atoms with E-state index in [-0.39, 0.29) is 37.5 Å². The second-order valence-corrected chi connectivity index (χ2v) is 16.4. The van der Waals surface area contributed by atoms with E-state index in [1.165, 1.54) is 12.8 Å². The van der Waals surface area contributed by atoms with Crippen LogP contribution >= 0.6 is 0 Å². The van der Waals surface area contributed by atoms with Crippen molar-refractivity contribution < 1.29 is 28.6 Å². The standard InChI is InChI=1S/C60H92O6/c1-4-7-10-13-16-19-22-25-27-29-30-31-33-35-38-41-44-47-50-53-59(62)65-56-57(55-64-58(61)52-49-46-43-40-37-34-24-21-18-15-12-9-6-3)66-60(63)54-51-48-45-42-39-36-32-28-26-23-20-17-14-11-8-5-2/h7-12,15-21,24-28,30-31,34,36-37,39,57H,4-6,13-14,22-23,29,32-33,35,38,40-56H2,1-3H3/b10-7-,11-8-,12-9-,18-15-,19-16-,20-17-,24-21-,27-25-,28-26-,31-30-,37-34-,39-36-. The van der Waals surface area contributed by atoms with E-state index < -0.39 is 6.10 Å². The molecular formula is C60H92O6. The number of esters is 3. The number of hydrogen-bond acceptors (Lipinski definition) is 6. The summed E-state index contributed by atoms with van der Waals surface area (Å²) in [5, 5.41) is 0. The van der Waals surface area contributed by atoms with Crippen LogP contribution in [0.25, 0.3) is 0 Å². The first kappa shape index (κ1) is 61.3. The molecule has 0 radical (unpaired) electrons. The van der Waals surface area contributed by atoms with Crippen molar-refractivity contribution in [3.63, 3.8) is 0 Å². The second kappa shape index (κ2) is 52.9. The minimum absolute atomic E-state index is 0.118. The average molecular weight is 909 g/mol. The molecule has 0 rings (SSSR count). The van der Waals surface area contributed by atoms with Crippen LogP contribution in [0.15, 0.2) is 146 Å². The average Bonchev–Trinajstić information content (AvgIpc) is 3.31. The topological polar surface area (TPSA) is 78.9 Å². The SMILES string of the molecule is CC\C=C/C=C\C=C/C=C\CCCCCC(=O)OCC(COC(=O)CCCCCCCC/C=C\C/C=C\C/C=C\C/C=C\CC)OC(=O)CCCCC/C=C\C/C=C\C/C=C\C/C=C\CC. The Morgan fingerprint density at radius 3 is 1.05 bits per heavy atom. The third-order valence-corrected chi connectivity index (χ3v) is 10.2. The lowest BCUT2D eigenvalue weighted by molar-refractivity contribution is -0.167. The Morgan fingerprint density at radius 1 is 0.318 bits per heavy atom. The first-order chi connectivity index (χ1) is 32.5. The molecule has 368 valence electrons. The summed E-state index contributed by atoms with van der Waals surface area (Å²) in [6, 6.07) is 0. The number of carbonyl (C=O) groups is 3. The molecule has 0 aliphatic heterocycles. The predicted octanol–water partition coefficient (Wildman–Crippen LogP) is 17.3. The lowest BCUT2D eigenvalue weighted by Gasteiger charge is -2.18. The van der Waals surface area contributed by atoms with Crippen LogP contribution in [0.5, 0.6) is 0 Å². The van der Waals surface area contributed by atoms with E-state index in [9.17, 15) is 14.4 Å². The molecule has 0 aliphatic rings.